The molecule has 0 amide bonds. The molecule has 9 heteroatoms. The fourth-order valence-electron chi connectivity index (χ4n) is 1.73. The van der Waals surface area contributed by atoms with Crippen LogP contribution in [0.15, 0.2) is 21.0 Å². The summed E-state index contributed by atoms with van der Waals surface area (Å²) in [5.41, 5.74) is 9.11. The minimum Gasteiger partial charge on any atom is -0.493 e. The zero-order valence-corrected chi connectivity index (χ0v) is 14.6. The van der Waals surface area contributed by atoms with Crippen molar-refractivity contribution < 1.29 is 14.2 Å². The highest BCUT2D eigenvalue weighted by atomic mass is 79.9. The quantitative estimate of drug-likeness (QED) is 0.585. The van der Waals surface area contributed by atoms with Crippen molar-refractivity contribution in [1.29, 1.82) is 0 Å². The summed E-state index contributed by atoms with van der Waals surface area (Å²) in [6, 6.07) is 1.78. The van der Waals surface area contributed by atoms with Crippen LogP contribution in [0.5, 0.6) is 17.2 Å². The van der Waals surface area contributed by atoms with Gasteiger partial charge in [0.25, 0.3) is 0 Å². The molecule has 0 radical (unpaired) electrons. The summed E-state index contributed by atoms with van der Waals surface area (Å²) in [6.45, 7) is 0. The number of ether oxygens (including phenoxy) is 3. The molecule has 0 aliphatic rings. The molecule has 0 aliphatic carbocycles. The molecule has 0 spiro atoms. The Labute approximate surface area is 140 Å². The van der Waals surface area contributed by atoms with Crippen LogP contribution in [0.4, 0.5) is 10.9 Å². The Morgan fingerprint density at radius 1 is 1.27 bits per heavy atom. The maximum atomic E-state index is 5.55. The molecular weight excluding hydrogens is 372 g/mol. The van der Waals surface area contributed by atoms with Gasteiger partial charge < -0.3 is 19.9 Å². The number of nitrogen functional groups attached to an aromatic ring is 1. The Morgan fingerprint density at radius 2 is 2.00 bits per heavy atom. The molecule has 0 saturated heterocycles. The third-order valence-electron chi connectivity index (χ3n) is 2.68. The normalized spacial score (nSPS) is 10.7. The van der Waals surface area contributed by atoms with Crippen molar-refractivity contribution in [1.82, 2.24) is 4.98 Å². The summed E-state index contributed by atoms with van der Waals surface area (Å²) in [5, 5.41) is 6.47. The summed E-state index contributed by atoms with van der Waals surface area (Å²) >= 11 is 4.84. The van der Waals surface area contributed by atoms with Gasteiger partial charge in [0, 0.05) is 10.9 Å². The zero-order valence-electron chi connectivity index (χ0n) is 12.2. The second-order valence-electron chi connectivity index (χ2n) is 4.00. The molecule has 1 heterocycles. The minimum atomic E-state index is 0.455. The number of methoxy groups -OCH3 is 3. The van der Waals surface area contributed by atoms with Gasteiger partial charge in [-0.25, -0.2) is 4.98 Å². The van der Waals surface area contributed by atoms with E-state index < -0.39 is 0 Å². The monoisotopic (exact) mass is 386 g/mol. The van der Waals surface area contributed by atoms with E-state index in [1.165, 1.54) is 11.3 Å². The molecule has 0 bridgehead atoms. The van der Waals surface area contributed by atoms with Crippen molar-refractivity contribution in [2.45, 2.75) is 0 Å². The molecule has 0 unspecified atom stereocenters. The standard InChI is InChI=1S/C13H15BrN4O3S/c1-19-8-4-7(10(14)12(21-3)11(8)20-2)5-16-18-13-17-9(15)6-22-13/h4-6H,15H2,1-3H3,(H,17,18). The molecule has 1 aromatic heterocycles. The van der Waals surface area contributed by atoms with E-state index in [1.807, 2.05) is 0 Å². The van der Waals surface area contributed by atoms with Crippen LogP contribution < -0.4 is 25.4 Å². The highest BCUT2D eigenvalue weighted by Gasteiger charge is 2.18. The predicted molar refractivity (Wildman–Crippen MR) is 91.5 cm³/mol. The maximum absolute atomic E-state index is 5.55. The Bertz CT molecular complexity index is 690. The Balaban J connectivity index is 2.30. The molecule has 118 valence electrons. The van der Waals surface area contributed by atoms with E-state index in [4.69, 9.17) is 19.9 Å². The number of rotatable bonds is 6. The highest BCUT2D eigenvalue weighted by Crippen LogP contribution is 2.44. The first-order chi connectivity index (χ1) is 10.6. The lowest BCUT2D eigenvalue weighted by Gasteiger charge is -2.15. The second kappa shape index (κ2) is 7.32. The van der Waals surface area contributed by atoms with Gasteiger partial charge in [-0.2, -0.15) is 5.10 Å². The van der Waals surface area contributed by atoms with Crippen molar-refractivity contribution in [2.75, 3.05) is 32.5 Å². The third kappa shape index (κ3) is 3.42. The number of hydrazone groups is 1. The van der Waals surface area contributed by atoms with Gasteiger partial charge in [-0.05, 0) is 22.0 Å². The minimum absolute atomic E-state index is 0.455. The van der Waals surface area contributed by atoms with E-state index in [0.717, 1.165) is 5.56 Å². The number of hydrogen-bond acceptors (Lipinski definition) is 8. The molecular formula is C13H15BrN4O3S. The first-order valence-electron chi connectivity index (χ1n) is 6.09. The van der Waals surface area contributed by atoms with Crippen LogP contribution in [0.2, 0.25) is 0 Å². The van der Waals surface area contributed by atoms with Crippen LogP contribution in [0.1, 0.15) is 5.56 Å². The SMILES string of the molecule is COc1cc(C=NNc2nc(N)cs2)c(Br)c(OC)c1OC. The molecule has 7 nitrogen and oxygen atoms in total. The van der Waals surface area contributed by atoms with Gasteiger partial charge in [0.05, 0.1) is 32.0 Å². The van der Waals surface area contributed by atoms with Crippen molar-refractivity contribution in [3.05, 3.63) is 21.5 Å². The topological polar surface area (TPSA) is 91.0 Å². The largest absolute Gasteiger partial charge is 0.493 e. The number of halogens is 1. The first kappa shape index (κ1) is 16.4. The summed E-state index contributed by atoms with van der Waals surface area (Å²) in [7, 11) is 4.66. The van der Waals surface area contributed by atoms with Gasteiger partial charge in [0.15, 0.2) is 11.5 Å². The van der Waals surface area contributed by atoms with E-state index in [9.17, 15) is 0 Å². The lowest BCUT2D eigenvalue weighted by molar-refractivity contribution is 0.323. The van der Waals surface area contributed by atoms with Crippen LogP contribution in [0, 0.1) is 0 Å². The number of nitrogens with one attached hydrogen (secondary N) is 1. The fraction of sp³-hybridized carbons (Fsp3) is 0.231. The van der Waals surface area contributed by atoms with Crippen molar-refractivity contribution >= 4 is 44.4 Å². The summed E-state index contributed by atoms with van der Waals surface area (Å²) < 4.78 is 16.7. The van der Waals surface area contributed by atoms with E-state index in [1.54, 1.807) is 39.0 Å². The number of nitrogens with zero attached hydrogens (tertiary/aromatic N) is 2. The number of hydrogen-bond donors (Lipinski definition) is 2. The van der Waals surface area contributed by atoms with Crippen LogP contribution in [-0.2, 0) is 0 Å². The molecule has 2 aromatic rings. The van der Waals surface area contributed by atoms with Gasteiger partial charge in [-0.3, -0.25) is 5.43 Å². The smallest absolute Gasteiger partial charge is 0.205 e. The molecule has 3 N–H and O–H groups in total. The van der Waals surface area contributed by atoms with E-state index in [-0.39, 0.29) is 0 Å². The van der Waals surface area contributed by atoms with Gasteiger partial charge in [0.2, 0.25) is 10.9 Å². The second-order valence-corrected chi connectivity index (χ2v) is 5.65. The number of nitrogens with two attached hydrogens (primary N) is 1. The van der Waals surface area contributed by atoms with Gasteiger partial charge in [0.1, 0.15) is 5.82 Å². The molecule has 2 rings (SSSR count). The van der Waals surface area contributed by atoms with Crippen LogP contribution in [0.25, 0.3) is 0 Å². The van der Waals surface area contributed by atoms with E-state index in [2.05, 4.69) is 31.4 Å². The number of aromatic nitrogens is 1. The van der Waals surface area contributed by atoms with Crippen molar-refractivity contribution in [3.63, 3.8) is 0 Å². The summed E-state index contributed by atoms with van der Waals surface area (Å²) in [6.07, 6.45) is 1.62. The predicted octanol–water partition coefficient (Wildman–Crippen LogP) is 2.96. The molecule has 1 aromatic carbocycles. The van der Waals surface area contributed by atoms with Crippen LogP contribution in [0.3, 0.4) is 0 Å². The average Bonchev–Trinajstić information content (AvgIpc) is 2.93. The van der Waals surface area contributed by atoms with Crippen LogP contribution in [-0.4, -0.2) is 32.5 Å². The molecule has 0 fully saturated rings. The summed E-state index contributed by atoms with van der Waals surface area (Å²) in [5.74, 6) is 2.04. The van der Waals surface area contributed by atoms with Crippen molar-refractivity contribution in [3.8, 4) is 17.2 Å². The Hall–Kier alpha value is -2.00. The molecule has 0 atom stereocenters. The Kier molecular flexibility index (Phi) is 5.45. The van der Waals surface area contributed by atoms with Crippen molar-refractivity contribution in [2.24, 2.45) is 5.10 Å². The molecule has 22 heavy (non-hydrogen) atoms. The van der Waals surface area contributed by atoms with Crippen LogP contribution >= 0.6 is 27.3 Å². The zero-order chi connectivity index (χ0) is 16.1. The third-order valence-corrected chi connectivity index (χ3v) is 4.27. The number of thiazole rings is 1. The van der Waals surface area contributed by atoms with Gasteiger partial charge in [-0.15, -0.1) is 11.3 Å². The van der Waals surface area contributed by atoms with Gasteiger partial charge in [-0.1, -0.05) is 0 Å². The van der Waals surface area contributed by atoms with Gasteiger partial charge >= 0.3 is 0 Å². The lowest BCUT2D eigenvalue weighted by Crippen LogP contribution is -1.99. The number of benzene rings is 1. The maximum Gasteiger partial charge on any atom is 0.205 e. The lowest BCUT2D eigenvalue weighted by atomic mass is 10.2. The average molecular weight is 387 g/mol. The Morgan fingerprint density at radius 3 is 2.55 bits per heavy atom. The molecule has 0 saturated carbocycles. The summed E-state index contributed by atoms with van der Waals surface area (Å²) in [4.78, 5) is 4.05. The van der Waals surface area contributed by atoms with E-state index in [0.29, 0.717) is 32.7 Å². The fourth-order valence-corrected chi connectivity index (χ4v) is 2.84. The number of anilines is 2. The molecule has 0 aliphatic heterocycles. The highest BCUT2D eigenvalue weighted by molar-refractivity contribution is 9.10. The van der Waals surface area contributed by atoms with E-state index >= 15 is 0 Å². The first-order valence-corrected chi connectivity index (χ1v) is 7.76.